The minimum atomic E-state index is 0.0986. The number of H-pyrrole nitrogens is 1. The minimum Gasteiger partial charge on any atom is -0.396 e. The fraction of sp³-hybridized carbons (Fsp3) is 0.625. The minimum absolute atomic E-state index is 0.0986. The number of aliphatic hydroxyl groups excluding tert-OH is 1. The molecule has 0 radical (unpaired) electrons. The molecular weight excluding hydrogens is 176 g/mol. The predicted octanol–water partition coefficient (Wildman–Crippen LogP) is 1.72. The highest BCUT2D eigenvalue weighted by Gasteiger charge is 2.10. The third-order valence-electron chi connectivity index (χ3n) is 1.66. The van der Waals surface area contributed by atoms with Gasteiger partial charge in [-0.2, -0.15) is 0 Å². The maximum absolute atomic E-state index is 8.66. The Labute approximate surface area is 76.8 Å². The zero-order valence-corrected chi connectivity index (χ0v) is 8.02. The lowest BCUT2D eigenvalue weighted by Crippen LogP contribution is -1.93. The molecule has 0 aliphatic carbocycles. The van der Waals surface area contributed by atoms with Gasteiger partial charge in [-0.05, 0) is 5.92 Å². The predicted molar refractivity (Wildman–Crippen MR) is 48.5 cm³/mol. The summed E-state index contributed by atoms with van der Waals surface area (Å²) in [4.78, 5) is 7.15. The van der Waals surface area contributed by atoms with E-state index in [9.17, 15) is 0 Å². The van der Waals surface area contributed by atoms with Crippen molar-refractivity contribution in [3.63, 3.8) is 0 Å². The number of halogens is 1. The summed E-state index contributed by atoms with van der Waals surface area (Å²) in [5, 5.41) is 9.18. The normalized spacial score (nSPS) is 11.1. The molecule has 68 valence electrons. The average molecular weight is 189 g/mol. The zero-order valence-electron chi connectivity index (χ0n) is 7.26. The Kier molecular flexibility index (Phi) is 3.12. The van der Waals surface area contributed by atoms with E-state index in [1.165, 1.54) is 0 Å². The quantitative estimate of drug-likeness (QED) is 0.759. The number of imidazole rings is 1. The van der Waals surface area contributed by atoms with Crippen LogP contribution in [0.15, 0.2) is 0 Å². The van der Waals surface area contributed by atoms with Crippen molar-refractivity contribution in [2.75, 3.05) is 6.61 Å². The van der Waals surface area contributed by atoms with Crippen LogP contribution in [0.25, 0.3) is 0 Å². The molecule has 1 rings (SSSR count). The number of aliphatic hydroxyl groups is 1. The van der Waals surface area contributed by atoms with Crippen LogP contribution in [-0.2, 0) is 6.42 Å². The molecule has 0 aliphatic heterocycles. The molecule has 0 fully saturated rings. The molecule has 0 aliphatic rings. The van der Waals surface area contributed by atoms with Gasteiger partial charge in [0.15, 0.2) is 5.15 Å². The maximum atomic E-state index is 8.66. The highest BCUT2D eigenvalue weighted by molar-refractivity contribution is 6.30. The summed E-state index contributed by atoms with van der Waals surface area (Å²) in [5.74, 6) is 1.10. The number of hydrogen-bond acceptors (Lipinski definition) is 2. The zero-order chi connectivity index (χ0) is 9.14. The highest BCUT2D eigenvalue weighted by atomic mass is 35.5. The van der Waals surface area contributed by atoms with Gasteiger partial charge in [-0.1, -0.05) is 25.4 Å². The van der Waals surface area contributed by atoms with Gasteiger partial charge >= 0.3 is 0 Å². The SMILES string of the molecule is CC(C)c1[nH]c(CCO)nc1Cl. The van der Waals surface area contributed by atoms with Gasteiger partial charge in [0.25, 0.3) is 0 Å². The topological polar surface area (TPSA) is 48.9 Å². The maximum Gasteiger partial charge on any atom is 0.150 e. The molecule has 1 aromatic rings. The Morgan fingerprint density at radius 3 is 2.67 bits per heavy atom. The number of hydrogen-bond donors (Lipinski definition) is 2. The van der Waals surface area contributed by atoms with Gasteiger partial charge in [0.05, 0.1) is 12.3 Å². The Balaban J connectivity index is 2.85. The van der Waals surface area contributed by atoms with Crippen LogP contribution in [0.2, 0.25) is 5.15 Å². The van der Waals surface area contributed by atoms with Gasteiger partial charge in [-0.3, -0.25) is 0 Å². The Morgan fingerprint density at radius 1 is 1.58 bits per heavy atom. The van der Waals surface area contributed by atoms with Crippen LogP contribution in [-0.4, -0.2) is 21.7 Å². The van der Waals surface area contributed by atoms with Crippen molar-refractivity contribution in [2.45, 2.75) is 26.2 Å². The third-order valence-corrected chi connectivity index (χ3v) is 1.95. The second-order valence-corrected chi connectivity index (χ2v) is 3.37. The van der Waals surface area contributed by atoms with E-state index in [2.05, 4.69) is 9.97 Å². The molecule has 4 heteroatoms. The molecule has 0 amide bonds. The number of nitrogens with one attached hydrogen (secondary N) is 1. The van der Waals surface area contributed by atoms with Gasteiger partial charge in [0.2, 0.25) is 0 Å². The van der Waals surface area contributed by atoms with Crippen LogP contribution in [0.5, 0.6) is 0 Å². The molecular formula is C8H13ClN2O. The number of aromatic nitrogens is 2. The van der Waals surface area contributed by atoms with E-state index in [0.717, 1.165) is 11.5 Å². The first-order chi connectivity index (χ1) is 5.65. The van der Waals surface area contributed by atoms with Crippen molar-refractivity contribution < 1.29 is 5.11 Å². The van der Waals surface area contributed by atoms with Gasteiger partial charge in [0, 0.05) is 6.42 Å². The fourth-order valence-corrected chi connectivity index (χ4v) is 1.39. The molecule has 0 bridgehead atoms. The fourth-order valence-electron chi connectivity index (χ4n) is 1.02. The van der Waals surface area contributed by atoms with Crippen LogP contribution in [0.4, 0.5) is 0 Å². The molecule has 2 N–H and O–H groups in total. The van der Waals surface area contributed by atoms with E-state index in [1.54, 1.807) is 0 Å². The Morgan fingerprint density at radius 2 is 2.25 bits per heavy atom. The lowest BCUT2D eigenvalue weighted by molar-refractivity contribution is 0.297. The summed E-state index contributed by atoms with van der Waals surface area (Å²) in [5.41, 5.74) is 0.945. The molecule has 1 aromatic heterocycles. The second kappa shape index (κ2) is 3.92. The van der Waals surface area contributed by atoms with Crippen LogP contribution in [0.3, 0.4) is 0 Å². The van der Waals surface area contributed by atoms with Crippen molar-refractivity contribution in [1.29, 1.82) is 0 Å². The summed E-state index contributed by atoms with van der Waals surface area (Å²) >= 11 is 5.85. The number of aromatic amines is 1. The summed E-state index contributed by atoms with van der Waals surface area (Å²) in [6.45, 7) is 4.19. The second-order valence-electron chi connectivity index (χ2n) is 3.02. The summed E-state index contributed by atoms with van der Waals surface area (Å²) in [6.07, 6.45) is 0.534. The van der Waals surface area contributed by atoms with Crippen LogP contribution < -0.4 is 0 Å². The molecule has 12 heavy (non-hydrogen) atoms. The summed E-state index contributed by atoms with van der Waals surface area (Å²) < 4.78 is 0. The Hall–Kier alpha value is -0.540. The van der Waals surface area contributed by atoms with Crippen molar-refractivity contribution in [2.24, 2.45) is 0 Å². The van der Waals surface area contributed by atoms with Crippen molar-refractivity contribution >= 4 is 11.6 Å². The molecule has 0 saturated carbocycles. The molecule has 0 spiro atoms. The molecule has 0 saturated heterocycles. The Bertz CT molecular complexity index is 258. The van der Waals surface area contributed by atoms with Crippen molar-refractivity contribution in [3.05, 3.63) is 16.7 Å². The molecule has 0 atom stereocenters. The smallest absolute Gasteiger partial charge is 0.150 e. The van der Waals surface area contributed by atoms with Gasteiger partial charge < -0.3 is 10.1 Å². The standard InChI is InChI=1S/C8H13ClN2O/c1-5(2)7-8(9)11-6(10-7)3-4-12/h5,12H,3-4H2,1-2H3,(H,10,11). The third kappa shape index (κ3) is 1.99. The number of nitrogens with zero attached hydrogens (tertiary/aromatic N) is 1. The number of rotatable bonds is 3. The van der Waals surface area contributed by atoms with Gasteiger partial charge in [-0.25, -0.2) is 4.98 Å². The lowest BCUT2D eigenvalue weighted by atomic mass is 10.2. The molecule has 0 unspecified atom stereocenters. The van der Waals surface area contributed by atoms with Gasteiger partial charge in [0.1, 0.15) is 5.82 Å². The van der Waals surface area contributed by atoms with Crippen LogP contribution in [0, 0.1) is 0 Å². The first kappa shape index (κ1) is 9.55. The van der Waals surface area contributed by atoms with Crippen LogP contribution >= 0.6 is 11.6 Å². The average Bonchev–Trinajstić information content (AvgIpc) is 2.32. The molecule has 1 heterocycles. The van der Waals surface area contributed by atoms with E-state index in [1.807, 2.05) is 13.8 Å². The lowest BCUT2D eigenvalue weighted by Gasteiger charge is -1.99. The van der Waals surface area contributed by atoms with Crippen molar-refractivity contribution in [3.8, 4) is 0 Å². The van der Waals surface area contributed by atoms with E-state index in [0.29, 0.717) is 17.5 Å². The highest BCUT2D eigenvalue weighted by Crippen LogP contribution is 2.21. The van der Waals surface area contributed by atoms with E-state index >= 15 is 0 Å². The largest absolute Gasteiger partial charge is 0.396 e. The van der Waals surface area contributed by atoms with Gasteiger partial charge in [-0.15, -0.1) is 0 Å². The first-order valence-corrected chi connectivity index (χ1v) is 4.38. The summed E-state index contributed by atoms with van der Waals surface area (Å²) in [6, 6.07) is 0. The van der Waals surface area contributed by atoms with Crippen LogP contribution in [0.1, 0.15) is 31.3 Å². The monoisotopic (exact) mass is 188 g/mol. The van der Waals surface area contributed by atoms with E-state index in [4.69, 9.17) is 16.7 Å². The summed E-state index contributed by atoms with van der Waals surface area (Å²) in [7, 11) is 0. The van der Waals surface area contributed by atoms with E-state index in [-0.39, 0.29) is 6.61 Å². The van der Waals surface area contributed by atoms with E-state index < -0.39 is 0 Å². The molecule has 3 nitrogen and oxygen atoms in total. The first-order valence-electron chi connectivity index (χ1n) is 4.00. The van der Waals surface area contributed by atoms with Crippen molar-refractivity contribution in [1.82, 2.24) is 9.97 Å². The molecule has 0 aromatic carbocycles.